The Morgan fingerprint density at radius 3 is 2.25 bits per heavy atom. The van der Waals surface area contributed by atoms with Crippen molar-refractivity contribution in [3.05, 3.63) is 70.8 Å². The molecule has 1 amide bonds. The molecule has 0 spiro atoms. The molecule has 0 heterocycles. The van der Waals surface area contributed by atoms with Crippen LogP contribution in [0.15, 0.2) is 36.4 Å². The summed E-state index contributed by atoms with van der Waals surface area (Å²) in [5.41, 5.74) is -0.173. The summed E-state index contributed by atoms with van der Waals surface area (Å²) < 4.78 is 52.4. The molecule has 2 atom stereocenters. The van der Waals surface area contributed by atoms with Gasteiger partial charge in [-0.1, -0.05) is 12.1 Å². The van der Waals surface area contributed by atoms with Crippen LogP contribution in [0.5, 0.6) is 0 Å². The Hall–Kier alpha value is -2.41. The highest BCUT2D eigenvalue weighted by molar-refractivity contribution is 5.94. The zero-order valence-electron chi connectivity index (χ0n) is 12.7. The first-order valence-electron chi connectivity index (χ1n) is 7.17. The second-order valence-electron chi connectivity index (χ2n) is 5.42. The van der Waals surface area contributed by atoms with Gasteiger partial charge in [0.25, 0.3) is 5.91 Å². The van der Waals surface area contributed by atoms with Gasteiger partial charge in [0, 0.05) is 12.1 Å². The third-order valence-corrected chi connectivity index (χ3v) is 3.46. The molecule has 0 aliphatic carbocycles. The first kappa shape index (κ1) is 17.9. The molecule has 3 nitrogen and oxygen atoms in total. The van der Waals surface area contributed by atoms with Crippen molar-refractivity contribution in [2.24, 2.45) is 0 Å². The Balaban J connectivity index is 2.01. The standard InChI is InChI=1S/C17H15F4NO2/c1-9(6-16(23)10-2-4-11(18)5-3-10)22-17(24)12-7-14(20)15(21)8-13(12)19/h2-5,7-9,16,23H,6H2,1H3,(H,22,24). The predicted octanol–water partition coefficient (Wildman–Crippen LogP) is 3.49. The molecule has 128 valence electrons. The van der Waals surface area contributed by atoms with Crippen LogP contribution in [-0.4, -0.2) is 17.1 Å². The molecule has 2 rings (SSSR count). The average molecular weight is 341 g/mol. The number of benzene rings is 2. The van der Waals surface area contributed by atoms with Gasteiger partial charge in [0.2, 0.25) is 0 Å². The summed E-state index contributed by atoms with van der Waals surface area (Å²) in [6, 6.07) is 5.38. The van der Waals surface area contributed by atoms with E-state index >= 15 is 0 Å². The van der Waals surface area contributed by atoms with Crippen molar-refractivity contribution in [3.8, 4) is 0 Å². The van der Waals surface area contributed by atoms with E-state index in [1.165, 1.54) is 24.3 Å². The van der Waals surface area contributed by atoms with Crippen molar-refractivity contribution in [2.75, 3.05) is 0 Å². The highest BCUT2D eigenvalue weighted by Crippen LogP contribution is 2.19. The summed E-state index contributed by atoms with van der Waals surface area (Å²) in [6.45, 7) is 1.56. The average Bonchev–Trinajstić information content (AvgIpc) is 2.51. The highest BCUT2D eigenvalue weighted by Gasteiger charge is 2.19. The number of carbonyl (C=O) groups excluding carboxylic acids is 1. The van der Waals surface area contributed by atoms with Gasteiger partial charge in [-0.3, -0.25) is 4.79 Å². The minimum atomic E-state index is -1.39. The van der Waals surface area contributed by atoms with Gasteiger partial charge in [-0.25, -0.2) is 17.6 Å². The lowest BCUT2D eigenvalue weighted by molar-refractivity contribution is 0.0912. The lowest BCUT2D eigenvalue weighted by Gasteiger charge is -2.18. The highest BCUT2D eigenvalue weighted by atomic mass is 19.2. The number of nitrogens with one attached hydrogen (secondary N) is 1. The third kappa shape index (κ3) is 4.32. The zero-order chi connectivity index (χ0) is 17.9. The Labute approximate surface area is 135 Å². The smallest absolute Gasteiger partial charge is 0.254 e. The first-order chi connectivity index (χ1) is 11.3. The Kier molecular flexibility index (Phi) is 5.56. The Bertz CT molecular complexity index is 734. The molecular formula is C17H15F4NO2. The van der Waals surface area contributed by atoms with Crippen LogP contribution in [0, 0.1) is 23.3 Å². The van der Waals surface area contributed by atoms with Crippen LogP contribution >= 0.6 is 0 Å². The SMILES string of the molecule is CC(CC(O)c1ccc(F)cc1)NC(=O)c1cc(F)c(F)cc1F. The molecule has 0 saturated heterocycles. The molecule has 0 saturated carbocycles. The number of aliphatic hydroxyl groups excluding tert-OH is 1. The summed E-state index contributed by atoms with van der Waals surface area (Å²) in [5.74, 6) is -5.27. The fraction of sp³-hybridized carbons (Fsp3) is 0.235. The van der Waals surface area contributed by atoms with Gasteiger partial charge < -0.3 is 10.4 Å². The van der Waals surface area contributed by atoms with Crippen LogP contribution in [0.3, 0.4) is 0 Å². The van der Waals surface area contributed by atoms with Crippen LogP contribution in [-0.2, 0) is 0 Å². The number of hydrogen-bond acceptors (Lipinski definition) is 2. The van der Waals surface area contributed by atoms with Crippen LogP contribution in [0.1, 0.15) is 35.4 Å². The van der Waals surface area contributed by atoms with Crippen LogP contribution in [0.25, 0.3) is 0 Å². The van der Waals surface area contributed by atoms with Gasteiger partial charge in [-0.05, 0) is 37.1 Å². The topological polar surface area (TPSA) is 49.3 Å². The Morgan fingerprint density at radius 1 is 1.04 bits per heavy atom. The molecule has 0 aromatic heterocycles. The number of halogens is 4. The Morgan fingerprint density at radius 2 is 1.62 bits per heavy atom. The fourth-order valence-electron chi connectivity index (χ4n) is 2.21. The number of aliphatic hydroxyl groups is 1. The summed E-state index contributed by atoms with van der Waals surface area (Å²) in [5, 5.41) is 12.4. The minimum absolute atomic E-state index is 0.0721. The van der Waals surface area contributed by atoms with E-state index in [9.17, 15) is 27.5 Å². The molecule has 2 N–H and O–H groups in total. The van der Waals surface area contributed by atoms with Crippen molar-refractivity contribution in [3.63, 3.8) is 0 Å². The summed E-state index contributed by atoms with van der Waals surface area (Å²) >= 11 is 0. The zero-order valence-corrected chi connectivity index (χ0v) is 12.7. The minimum Gasteiger partial charge on any atom is -0.388 e. The quantitative estimate of drug-likeness (QED) is 0.646. The van der Waals surface area contributed by atoms with Gasteiger partial charge in [0.1, 0.15) is 11.6 Å². The van der Waals surface area contributed by atoms with E-state index < -0.39 is 46.9 Å². The van der Waals surface area contributed by atoms with E-state index in [4.69, 9.17) is 0 Å². The van der Waals surface area contributed by atoms with Crippen molar-refractivity contribution in [2.45, 2.75) is 25.5 Å². The lowest BCUT2D eigenvalue weighted by atomic mass is 10.0. The van der Waals surface area contributed by atoms with E-state index in [0.717, 1.165) is 0 Å². The third-order valence-electron chi connectivity index (χ3n) is 3.46. The van der Waals surface area contributed by atoms with Crippen LogP contribution < -0.4 is 5.32 Å². The first-order valence-corrected chi connectivity index (χ1v) is 7.17. The van der Waals surface area contributed by atoms with Gasteiger partial charge in [-0.2, -0.15) is 0 Å². The normalized spacial score (nSPS) is 13.4. The second kappa shape index (κ2) is 7.44. The van der Waals surface area contributed by atoms with E-state index in [2.05, 4.69) is 5.32 Å². The second-order valence-corrected chi connectivity index (χ2v) is 5.42. The number of hydrogen-bond donors (Lipinski definition) is 2. The van der Waals surface area contributed by atoms with Crippen LogP contribution in [0.4, 0.5) is 17.6 Å². The summed E-state index contributed by atoms with van der Waals surface area (Å²) in [6.07, 6.45) is -0.904. The lowest BCUT2D eigenvalue weighted by Crippen LogP contribution is -2.34. The largest absolute Gasteiger partial charge is 0.388 e. The molecule has 0 bridgehead atoms. The van der Waals surface area contributed by atoms with E-state index in [0.29, 0.717) is 17.7 Å². The van der Waals surface area contributed by atoms with Crippen molar-refractivity contribution in [1.29, 1.82) is 0 Å². The monoisotopic (exact) mass is 341 g/mol. The van der Waals surface area contributed by atoms with Gasteiger partial charge in [-0.15, -0.1) is 0 Å². The van der Waals surface area contributed by atoms with E-state index in [-0.39, 0.29) is 6.42 Å². The van der Waals surface area contributed by atoms with E-state index in [1.807, 2.05) is 0 Å². The molecule has 0 aliphatic rings. The molecule has 2 aromatic rings. The van der Waals surface area contributed by atoms with Gasteiger partial charge in [0.15, 0.2) is 11.6 Å². The molecule has 24 heavy (non-hydrogen) atoms. The van der Waals surface area contributed by atoms with Crippen molar-refractivity contribution in [1.82, 2.24) is 5.32 Å². The predicted molar refractivity (Wildman–Crippen MR) is 79.2 cm³/mol. The molecule has 7 heteroatoms. The van der Waals surface area contributed by atoms with Crippen LogP contribution in [0.2, 0.25) is 0 Å². The number of carbonyl (C=O) groups is 1. The van der Waals surface area contributed by atoms with Crippen molar-refractivity contribution < 1.29 is 27.5 Å². The van der Waals surface area contributed by atoms with Gasteiger partial charge >= 0.3 is 0 Å². The molecule has 0 aliphatic heterocycles. The molecule has 2 unspecified atom stereocenters. The summed E-state index contributed by atoms with van der Waals surface area (Å²) in [4.78, 5) is 11.9. The number of rotatable bonds is 5. The maximum absolute atomic E-state index is 13.5. The van der Waals surface area contributed by atoms with Gasteiger partial charge in [0.05, 0.1) is 11.7 Å². The molecular weight excluding hydrogens is 326 g/mol. The number of amides is 1. The maximum atomic E-state index is 13.5. The fourth-order valence-corrected chi connectivity index (χ4v) is 2.21. The molecule has 0 radical (unpaired) electrons. The molecule has 2 aromatic carbocycles. The molecule has 0 fully saturated rings. The summed E-state index contributed by atoms with van der Waals surface area (Å²) in [7, 11) is 0. The van der Waals surface area contributed by atoms with Crippen molar-refractivity contribution >= 4 is 5.91 Å². The maximum Gasteiger partial charge on any atom is 0.254 e. The van der Waals surface area contributed by atoms with E-state index in [1.54, 1.807) is 6.92 Å².